The van der Waals surface area contributed by atoms with Gasteiger partial charge >= 0.3 is 0 Å². The molecule has 1 atom stereocenters. The zero-order valence-electron chi connectivity index (χ0n) is 14.7. The fourth-order valence-electron chi connectivity index (χ4n) is 3.35. The number of benzene rings is 2. The zero-order chi connectivity index (χ0) is 18.9. The molecule has 0 saturated carbocycles. The lowest BCUT2D eigenvalue weighted by atomic mass is 10.1. The minimum atomic E-state index is -3.90. The van der Waals surface area contributed by atoms with E-state index in [0.29, 0.717) is 24.9 Å². The number of hydrogen-bond acceptors (Lipinski definition) is 3. The van der Waals surface area contributed by atoms with Gasteiger partial charge in [0.2, 0.25) is 15.9 Å². The van der Waals surface area contributed by atoms with Crippen molar-refractivity contribution in [3.8, 4) is 0 Å². The van der Waals surface area contributed by atoms with E-state index in [0.717, 1.165) is 5.56 Å². The molecule has 1 amide bonds. The van der Waals surface area contributed by atoms with Crippen molar-refractivity contribution in [2.75, 3.05) is 11.9 Å². The third kappa shape index (κ3) is 3.50. The fourth-order valence-corrected chi connectivity index (χ4v) is 5.25. The van der Waals surface area contributed by atoms with Crippen molar-refractivity contribution in [3.05, 3.63) is 59.4 Å². The van der Waals surface area contributed by atoms with E-state index >= 15 is 0 Å². The average molecular weight is 376 g/mol. The van der Waals surface area contributed by atoms with Crippen molar-refractivity contribution < 1.29 is 17.6 Å². The summed E-state index contributed by atoms with van der Waals surface area (Å²) >= 11 is 0. The molecule has 1 saturated heterocycles. The lowest BCUT2D eigenvalue weighted by Crippen LogP contribution is -2.32. The molecule has 0 unspecified atom stereocenters. The molecule has 0 spiro atoms. The second-order valence-corrected chi connectivity index (χ2v) is 8.34. The summed E-state index contributed by atoms with van der Waals surface area (Å²) in [6.07, 6.45) is 1.21. The predicted molar refractivity (Wildman–Crippen MR) is 97.7 cm³/mol. The number of nitrogens with one attached hydrogen (secondary N) is 1. The van der Waals surface area contributed by atoms with Gasteiger partial charge in [0.15, 0.2) is 0 Å². The third-order valence-electron chi connectivity index (χ3n) is 4.50. The molecule has 1 aliphatic heterocycles. The number of sulfonamides is 1. The number of amides is 1. The largest absolute Gasteiger partial charge is 0.325 e. The summed E-state index contributed by atoms with van der Waals surface area (Å²) < 4.78 is 42.3. The van der Waals surface area contributed by atoms with Gasteiger partial charge in [-0.15, -0.1) is 0 Å². The Labute approximate surface area is 152 Å². The molecule has 1 aliphatic rings. The van der Waals surface area contributed by atoms with Gasteiger partial charge in [0, 0.05) is 19.0 Å². The molecule has 1 N–H and O–H groups in total. The van der Waals surface area contributed by atoms with Crippen LogP contribution in [0.1, 0.15) is 36.9 Å². The van der Waals surface area contributed by atoms with Crippen molar-refractivity contribution in [1.29, 1.82) is 0 Å². The van der Waals surface area contributed by atoms with Crippen molar-refractivity contribution in [2.45, 2.75) is 37.6 Å². The van der Waals surface area contributed by atoms with Crippen molar-refractivity contribution in [2.24, 2.45) is 0 Å². The molecule has 5 nitrogen and oxygen atoms in total. The van der Waals surface area contributed by atoms with Crippen LogP contribution >= 0.6 is 0 Å². The van der Waals surface area contributed by atoms with Crippen molar-refractivity contribution in [3.63, 3.8) is 0 Å². The lowest BCUT2D eigenvalue weighted by molar-refractivity contribution is -0.114. The van der Waals surface area contributed by atoms with E-state index in [2.05, 4.69) is 5.32 Å². The maximum Gasteiger partial charge on any atom is 0.245 e. The van der Waals surface area contributed by atoms with Crippen LogP contribution in [0.2, 0.25) is 0 Å². The predicted octanol–water partition coefficient (Wildman–Crippen LogP) is 3.62. The highest BCUT2D eigenvalue weighted by atomic mass is 32.2. The summed E-state index contributed by atoms with van der Waals surface area (Å²) in [4.78, 5) is 11.5. The fraction of sp³-hybridized carbons (Fsp3) is 0.316. The molecule has 0 aliphatic carbocycles. The van der Waals surface area contributed by atoms with E-state index < -0.39 is 21.9 Å². The Morgan fingerprint density at radius 3 is 2.65 bits per heavy atom. The maximum atomic E-state index is 14.2. The second kappa shape index (κ2) is 7.17. The Kier molecular flexibility index (Phi) is 5.11. The summed E-state index contributed by atoms with van der Waals surface area (Å²) in [7, 11) is -3.90. The van der Waals surface area contributed by atoms with Crippen LogP contribution in [0.5, 0.6) is 0 Å². The Bertz CT molecular complexity index is 944. The molecule has 0 radical (unpaired) electrons. The van der Waals surface area contributed by atoms with Gasteiger partial charge in [-0.1, -0.05) is 24.3 Å². The summed E-state index contributed by atoms with van der Waals surface area (Å²) in [6.45, 7) is 3.43. The van der Waals surface area contributed by atoms with Crippen LogP contribution in [0.25, 0.3) is 0 Å². The first-order valence-corrected chi connectivity index (χ1v) is 9.89. The molecule has 0 aromatic heterocycles. The number of aryl methyl sites for hydroxylation is 1. The first-order valence-electron chi connectivity index (χ1n) is 8.45. The standard InChI is InChI=1S/C19H21FN2O3S/c1-13-9-10-17(21-14(2)23)19(12-13)26(24,25)22-11-5-8-18(22)15-6-3-4-7-16(15)20/h3-4,6-7,9-10,12,18H,5,8,11H2,1-2H3,(H,21,23)/t18-/m0/s1. The van der Waals surface area contributed by atoms with Crippen LogP contribution in [0.3, 0.4) is 0 Å². The number of nitrogens with zero attached hydrogens (tertiary/aromatic N) is 1. The van der Waals surface area contributed by atoms with Gasteiger partial charge in [-0.3, -0.25) is 4.79 Å². The van der Waals surface area contributed by atoms with E-state index in [1.54, 1.807) is 37.3 Å². The van der Waals surface area contributed by atoms with Gasteiger partial charge in [-0.25, -0.2) is 12.8 Å². The first-order chi connectivity index (χ1) is 12.3. The molecule has 3 rings (SSSR count). The normalized spacial score (nSPS) is 18.0. The average Bonchev–Trinajstić information content (AvgIpc) is 3.06. The SMILES string of the molecule is CC(=O)Nc1ccc(C)cc1S(=O)(=O)N1CCC[C@H]1c1ccccc1F. The van der Waals surface area contributed by atoms with E-state index in [1.165, 1.54) is 23.4 Å². The van der Waals surface area contributed by atoms with Gasteiger partial charge < -0.3 is 5.32 Å². The summed E-state index contributed by atoms with van der Waals surface area (Å²) in [5, 5.41) is 2.58. The van der Waals surface area contributed by atoms with Gasteiger partial charge in [0.05, 0.1) is 11.7 Å². The molecule has 0 bridgehead atoms. The Morgan fingerprint density at radius 1 is 1.23 bits per heavy atom. The highest BCUT2D eigenvalue weighted by Crippen LogP contribution is 2.39. The summed E-state index contributed by atoms with van der Waals surface area (Å²) in [5.74, 6) is -0.761. The number of anilines is 1. The molecule has 138 valence electrons. The molecule has 7 heteroatoms. The number of carbonyl (C=O) groups excluding carboxylic acids is 1. The van der Waals surface area contributed by atoms with Crippen LogP contribution in [0.4, 0.5) is 10.1 Å². The van der Waals surface area contributed by atoms with Crippen LogP contribution in [0.15, 0.2) is 47.4 Å². The van der Waals surface area contributed by atoms with Gasteiger partial charge in [-0.2, -0.15) is 4.31 Å². The Morgan fingerprint density at radius 2 is 1.96 bits per heavy atom. The van der Waals surface area contributed by atoms with Crippen LogP contribution in [0, 0.1) is 12.7 Å². The monoisotopic (exact) mass is 376 g/mol. The summed E-state index contributed by atoms with van der Waals surface area (Å²) in [5.41, 5.74) is 1.38. The molecule has 1 fully saturated rings. The topological polar surface area (TPSA) is 66.5 Å². The molecular weight excluding hydrogens is 355 g/mol. The maximum absolute atomic E-state index is 14.2. The lowest BCUT2D eigenvalue weighted by Gasteiger charge is -2.26. The van der Waals surface area contributed by atoms with E-state index in [9.17, 15) is 17.6 Å². The van der Waals surface area contributed by atoms with Crippen molar-refractivity contribution in [1.82, 2.24) is 4.31 Å². The minimum Gasteiger partial charge on any atom is -0.325 e. The number of carbonyl (C=O) groups is 1. The third-order valence-corrected chi connectivity index (χ3v) is 6.45. The van der Waals surface area contributed by atoms with Crippen molar-refractivity contribution >= 4 is 21.6 Å². The Balaban J connectivity index is 2.06. The molecule has 1 heterocycles. The highest BCUT2D eigenvalue weighted by Gasteiger charge is 2.38. The molecule has 2 aromatic carbocycles. The molecular formula is C19H21FN2O3S. The highest BCUT2D eigenvalue weighted by molar-refractivity contribution is 7.89. The quantitative estimate of drug-likeness (QED) is 0.886. The number of halogens is 1. The summed E-state index contributed by atoms with van der Waals surface area (Å²) in [6, 6.07) is 10.6. The van der Waals surface area contributed by atoms with Gasteiger partial charge in [0.25, 0.3) is 0 Å². The van der Waals surface area contributed by atoms with Gasteiger partial charge in [-0.05, 0) is 43.5 Å². The van der Waals surface area contributed by atoms with Crippen LogP contribution in [-0.4, -0.2) is 25.2 Å². The number of rotatable bonds is 4. The second-order valence-electron chi connectivity index (χ2n) is 6.48. The van der Waals surface area contributed by atoms with E-state index in [-0.39, 0.29) is 16.5 Å². The first kappa shape index (κ1) is 18.5. The smallest absolute Gasteiger partial charge is 0.245 e. The molecule has 26 heavy (non-hydrogen) atoms. The Hall–Kier alpha value is -2.25. The number of hydrogen-bond donors (Lipinski definition) is 1. The van der Waals surface area contributed by atoms with Crippen LogP contribution in [-0.2, 0) is 14.8 Å². The van der Waals surface area contributed by atoms with E-state index in [1.807, 2.05) is 0 Å². The van der Waals surface area contributed by atoms with E-state index in [4.69, 9.17) is 0 Å². The zero-order valence-corrected chi connectivity index (χ0v) is 15.5. The molecule has 2 aromatic rings. The van der Waals surface area contributed by atoms with Crippen LogP contribution < -0.4 is 5.32 Å². The minimum absolute atomic E-state index is 0.0379. The van der Waals surface area contributed by atoms with Gasteiger partial charge in [0.1, 0.15) is 10.7 Å².